The minimum Gasteiger partial charge on any atom is -0.487 e. The highest BCUT2D eigenvalue weighted by Gasteiger charge is 2.11. The topological polar surface area (TPSA) is 179 Å². The Hall–Kier alpha value is -5.86. The second-order valence-corrected chi connectivity index (χ2v) is 9.98. The number of carbonyl (C=O) groups is 2. The first kappa shape index (κ1) is 33.5. The molecule has 0 saturated carbocycles. The molecule has 14 heteroatoms. The molecule has 4 aromatic rings. The van der Waals surface area contributed by atoms with Gasteiger partial charge in [-0.2, -0.15) is 20.5 Å². The molecule has 0 amide bonds. The molecular formula is C34H32N4O10. The van der Waals surface area contributed by atoms with Gasteiger partial charge in [0.05, 0.1) is 60.3 Å². The fourth-order valence-corrected chi connectivity index (χ4v) is 4.20. The molecule has 0 aliphatic carbocycles. The maximum atomic E-state index is 11.1. The SMILES string of the molecule is O=C(O)c1ccc(N=Nc2ccc3c(c2)OCCOCCOc2ccc(N=Nc4ccc(C(=O)O)cc4)cc2OCCOCCO3)cc1. The number of carboxylic acids is 2. The number of azo groups is 2. The van der Waals surface area contributed by atoms with Crippen LogP contribution < -0.4 is 18.9 Å². The Morgan fingerprint density at radius 2 is 0.729 bits per heavy atom. The summed E-state index contributed by atoms with van der Waals surface area (Å²) in [6, 6.07) is 22.4. The van der Waals surface area contributed by atoms with E-state index in [1.54, 1.807) is 60.7 Å². The van der Waals surface area contributed by atoms with Crippen LogP contribution in [0.2, 0.25) is 0 Å². The highest BCUT2D eigenvalue weighted by atomic mass is 16.6. The fraction of sp³-hybridized carbons (Fsp3) is 0.235. The highest BCUT2D eigenvalue weighted by molar-refractivity contribution is 5.88. The Kier molecular flexibility index (Phi) is 12.0. The molecule has 248 valence electrons. The first-order chi connectivity index (χ1) is 23.4. The van der Waals surface area contributed by atoms with Crippen LogP contribution in [-0.2, 0) is 9.47 Å². The lowest BCUT2D eigenvalue weighted by Crippen LogP contribution is -2.15. The predicted molar refractivity (Wildman–Crippen MR) is 172 cm³/mol. The molecule has 1 heterocycles. The Balaban J connectivity index is 1.18. The van der Waals surface area contributed by atoms with Gasteiger partial charge in [0, 0.05) is 12.1 Å². The zero-order chi connectivity index (χ0) is 33.6. The summed E-state index contributed by atoms with van der Waals surface area (Å²) in [6.45, 7) is 2.11. The number of aromatic carboxylic acids is 2. The lowest BCUT2D eigenvalue weighted by atomic mass is 10.2. The van der Waals surface area contributed by atoms with Crippen molar-refractivity contribution in [3.05, 3.63) is 96.1 Å². The molecule has 1 aliphatic rings. The number of hydrogen-bond acceptors (Lipinski definition) is 12. The van der Waals surface area contributed by atoms with Crippen molar-refractivity contribution in [2.24, 2.45) is 20.5 Å². The van der Waals surface area contributed by atoms with E-state index >= 15 is 0 Å². The maximum absolute atomic E-state index is 11.1. The smallest absolute Gasteiger partial charge is 0.335 e. The van der Waals surface area contributed by atoms with Crippen molar-refractivity contribution in [2.45, 2.75) is 0 Å². The molecule has 0 bridgehead atoms. The number of benzene rings is 4. The van der Waals surface area contributed by atoms with E-state index in [9.17, 15) is 9.59 Å². The van der Waals surface area contributed by atoms with E-state index in [1.165, 1.54) is 24.3 Å². The third-order valence-corrected chi connectivity index (χ3v) is 6.59. The zero-order valence-electron chi connectivity index (χ0n) is 25.7. The Morgan fingerprint density at radius 3 is 1.08 bits per heavy atom. The first-order valence-electron chi connectivity index (χ1n) is 14.9. The number of nitrogens with zero attached hydrogens (tertiary/aromatic N) is 4. The fourth-order valence-electron chi connectivity index (χ4n) is 4.20. The number of carboxylic acid groups (broad SMARTS) is 2. The normalized spacial score (nSPS) is 14.7. The van der Waals surface area contributed by atoms with Crippen LogP contribution in [0.15, 0.2) is 105 Å². The van der Waals surface area contributed by atoms with E-state index < -0.39 is 11.9 Å². The first-order valence-corrected chi connectivity index (χ1v) is 14.9. The van der Waals surface area contributed by atoms with Crippen LogP contribution in [0.25, 0.3) is 0 Å². The molecule has 14 nitrogen and oxygen atoms in total. The highest BCUT2D eigenvalue weighted by Crippen LogP contribution is 2.34. The molecule has 0 fully saturated rings. The molecule has 1 aliphatic heterocycles. The molecule has 0 spiro atoms. The predicted octanol–water partition coefficient (Wildman–Crippen LogP) is 7.18. The van der Waals surface area contributed by atoms with Crippen LogP contribution in [0.3, 0.4) is 0 Å². The average molecular weight is 657 g/mol. The number of rotatable bonds is 6. The van der Waals surface area contributed by atoms with Crippen LogP contribution in [0.4, 0.5) is 22.7 Å². The van der Waals surface area contributed by atoms with Gasteiger partial charge in [-0.1, -0.05) is 0 Å². The van der Waals surface area contributed by atoms with Gasteiger partial charge in [-0.3, -0.25) is 0 Å². The summed E-state index contributed by atoms with van der Waals surface area (Å²) in [4.78, 5) is 22.1. The maximum Gasteiger partial charge on any atom is 0.335 e. The summed E-state index contributed by atoms with van der Waals surface area (Å²) < 4.78 is 35.1. The van der Waals surface area contributed by atoms with E-state index in [1.807, 2.05) is 0 Å². The van der Waals surface area contributed by atoms with Crippen LogP contribution >= 0.6 is 0 Å². The molecule has 48 heavy (non-hydrogen) atoms. The summed E-state index contributed by atoms with van der Waals surface area (Å²) in [6.07, 6.45) is 0. The lowest BCUT2D eigenvalue weighted by Gasteiger charge is -2.16. The van der Waals surface area contributed by atoms with Gasteiger partial charge < -0.3 is 38.6 Å². The van der Waals surface area contributed by atoms with Gasteiger partial charge in [-0.25, -0.2) is 9.59 Å². The Bertz CT molecular complexity index is 1620. The second-order valence-electron chi connectivity index (χ2n) is 9.98. The molecule has 0 atom stereocenters. The third kappa shape index (κ3) is 10.1. The van der Waals surface area contributed by atoms with Crippen molar-refractivity contribution >= 4 is 34.7 Å². The van der Waals surface area contributed by atoms with E-state index in [-0.39, 0.29) is 64.0 Å². The van der Waals surface area contributed by atoms with Gasteiger partial charge in [0.15, 0.2) is 23.0 Å². The summed E-state index contributed by atoms with van der Waals surface area (Å²) in [5.74, 6) is -0.123. The van der Waals surface area contributed by atoms with E-state index in [2.05, 4.69) is 20.5 Å². The Morgan fingerprint density at radius 1 is 0.417 bits per heavy atom. The molecule has 0 radical (unpaired) electrons. The van der Waals surface area contributed by atoms with Crippen LogP contribution in [0, 0.1) is 0 Å². The lowest BCUT2D eigenvalue weighted by molar-refractivity contribution is 0.0640. The van der Waals surface area contributed by atoms with Crippen LogP contribution in [0.1, 0.15) is 20.7 Å². The molecular weight excluding hydrogens is 624 g/mol. The van der Waals surface area contributed by atoms with Crippen molar-refractivity contribution in [1.82, 2.24) is 0 Å². The van der Waals surface area contributed by atoms with Gasteiger partial charge in [0.1, 0.15) is 26.4 Å². The van der Waals surface area contributed by atoms with Crippen molar-refractivity contribution in [2.75, 3.05) is 52.9 Å². The molecule has 2 N–H and O–H groups in total. The second kappa shape index (κ2) is 17.2. The van der Waals surface area contributed by atoms with Gasteiger partial charge in [-0.05, 0) is 72.8 Å². The zero-order valence-corrected chi connectivity index (χ0v) is 25.7. The number of hydrogen-bond donors (Lipinski definition) is 2. The van der Waals surface area contributed by atoms with Gasteiger partial charge >= 0.3 is 11.9 Å². The number of ether oxygens (including phenoxy) is 6. The average Bonchev–Trinajstić information content (AvgIpc) is 3.10. The molecule has 5 rings (SSSR count). The van der Waals surface area contributed by atoms with E-state index in [0.29, 0.717) is 45.7 Å². The minimum absolute atomic E-state index is 0.164. The van der Waals surface area contributed by atoms with Gasteiger partial charge in [-0.15, -0.1) is 0 Å². The van der Waals surface area contributed by atoms with Gasteiger partial charge in [0.2, 0.25) is 0 Å². The minimum atomic E-state index is -1.01. The third-order valence-electron chi connectivity index (χ3n) is 6.59. The van der Waals surface area contributed by atoms with Crippen LogP contribution in [0.5, 0.6) is 23.0 Å². The van der Waals surface area contributed by atoms with Crippen molar-refractivity contribution in [1.29, 1.82) is 0 Å². The van der Waals surface area contributed by atoms with Crippen molar-refractivity contribution in [3.63, 3.8) is 0 Å². The summed E-state index contributed by atoms with van der Waals surface area (Å²) in [7, 11) is 0. The van der Waals surface area contributed by atoms with Gasteiger partial charge in [0.25, 0.3) is 0 Å². The molecule has 0 saturated heterocycles. The summed E-state index contributed by atoms with van der Waals surface area (Å²) in [5, 5.41) is 35.0. The quantitative estimate of drug-likeness (QED) is 0.202. The largest absolute Gasteiger partial charge is 0.487 e. The molecule has 4 aromatic carbocycles. The van der Waals surface area contributed by atoms with Crippen LogP contribution in [-0.4, -0.2) is 75.0 Å². The number of fused-ring (bicyclic) bond motifs is 2. The molecule has 0 aromatic heterocycles. The van der Waals surface area contributed by atoms with E-state index in [0.717, 1.165) is 0 Å². The summed E-state index contributed by atoms with van der Waals surface area (Å²) in [5.41, 5.74) is 2.37. The van der Waals surface area contributed by atoms with Crippen molar-refractivity contribution in [3.8, 4) is 23.0 Å². The van der Waals surface area contributed by atoms with Crippen molar-refractivity contribution < 1.29 is 48.2 Å². The monoisotopic (exact) mass is 656 g/mol. The van der Waals surface area contributed by atoms with E-state index in [4.69, 9.17) is 38.6 Å². The standard InChI is InChI=1S/C34H32N4O10/c39-33(40)23-1-5-25(6-2-23)35-37-27-9-11-29-31(21-27)47-19-15-43-14-18-46-30-12-10-28(22-32(30)48-20-16-44-13-17-45-29)38-36-26-7-3-24(4-8-26)34(41)42/h1-12,21-22H,13-20H2,(H,39,40)(H,41,42). The summed E-state index contributed by atoms with van der Waals surface area (Å²) >= 11 is 0. The Labute approximate surface area is 275 Å². The molecule has 0 unspecified atom stereocenters.